The number of amides is 3. The van der Waals surface area contributed by atoms with Crippen LogP contribution in [-0.4, -0.2) is 34.9 Å². The Bertz CT molecular complexity index is 733. The number of nitrogens with zero attached hydrogens (tertiary/aromatic N) is 2. The lowest BCUT2D eigenvalue weighted by molar-refractivity contribution is -0.121. The second-order valence-electron chi connectivity index (χ2n) is 6.04. The number of pyridine rings is 1. The highest BCUT2D eigenvalue weighted by molar-refractivity contribution is 5.94. The van der Waals surface area contributed by atoms with Gasteiger partial charge in [-0.05, 0) is 37.1 Å². The molecule has 3 rings (SSSR count). The highest BCUT2D eigenvalue weighted by atomic mass is 16.2. The Balaban J connectivity index is 1.57. The second-order valence-corrected chi connectivity index (χ2v) is 6.04. The van der Waals surface area contributed by atoms with Crippen molar-refractivity contribution >= 4 is 29.1 Å². The number of para-hydroxylation sites is 1. The number of nitrogen functional groups attached to an aromatic ring is 1. The zero-order chi connectivity index (χ0) is 17.6. The molecule has 1 aromatic heterocycles. The van der Waals surface area contributed by atoms with Crippen molar-refractivity contribution in [2.75, 3.05) is 29.5 Å². The summed E-state index contributed by atoms with van der Waals surface area (Å²) in [6.07, 6.45) is 3.07. The molecule has 1 saturated heterocycles. The molecule has 4 N–H and O–H groups in total. The summed E-state index contributed by atoms with van der Waals surface area (Å²) in [5.74, 6) is 0.0519. The predicted octanol–water partition coefficient (Wildman–Crippen LogP) is 2.55. The van der Waals surface area contributed by atoms with Gasteiger partial charge in [-0.3, -0.25) is 4.79 Å². The number of carbonyl (C=O) groups excluding carboxylic acids is 2. The van der Waals surface area contributed by atoms with E-state index < -0.39 is 0 Å². The molecule has 7 heteroatoms. The molecular formula is C18H21N5O2. The number of anilines is 3. The predicted molar refractivity (Wildman–Crippen MR) is 97.0 cm³/mol. The minimum atomic E-state index is -0.243. The van der Waals surface area contributed by atoms with E-state index in [1.54, 1.807) is 17.0 Å². The topological polar surface area (TPSA) is 100 Å². The van der Waals surface area contributed by atoms with E-state index in [-0.39, 0.29) is 17.9 Å². The van der Waals surface area contributed by atoms with Crippen molar-refractivity contribution in [3.63, 3.8) is 0 Å². The monoisotopic (exact) mass is 339 g/mol. The summed E-state index contributed by atoms with van der Waals surface area (Å²) in [5.41, 5.74) is 6.88. The number of carbonyl (C=O) groups is 2. The van der Waals surface area contributed by atoms with Gasteiger partial charge in [-0.15, -0.1) is 0 Å². The normalized spacial score (nSPS) is 17.0. The first-order chi connectivity index (χ1) is 12.1. The summed E-state index contributed by atoms with van der Waals surface area (Å²) in [5, 5.41) is 5.69. The molecule has 0 spiro atoms. The van der Waals surface area contributed by atoms with Crippen LogP contribution in [-0.2, 0) is 4.79 Å². The highest BCUT2D eigenvalue weighted by Crippen LogP contribution is 2.20. The van der Waals surface area contributed by atoms with E-state index in [1.165, 1.54) is 6.20 Å². The quantitative estimate of drug-likeness (QED) is 0.800. The Hall–Kier alpha value is -3.09. The van der Waals surface area contributed by atoms with Crippen LogP contribution in [0.4, 0.5) is 22.0 Å². The second kappa shape index (κ2) is 7.65. The van der Waals surface area contributed by atoms with Crippen LogP contribution in [0.25, 0.3) is 0 Å². The molecule has 0 radical (unpaired) electrons. The number of hydrogen-bond donors (Lipinski definition) is 3. The molecule has 0 aliphatic carbocycles. The molecule has 1 aliphatic heterocycles. The average Bonchev–Trinajstić information content (AvgIpc) is 2.64. The molecule has 7 nitrogen and oxygen atoms in total. The van der Waals surface area contributed by atoms with Gasteiger partial charge in [0.1, 0.15) is 5.82 Å². The van der Waals surface area contributed by atoms with Gasteiger partial charge >= 0.3 is 6.03 Å². The van der Waals surface area contributed by atoms with Crippen LogP contribution >= 0.6 is 0 Å². The van der Waals surface area contributed by atoms with Gasteiger partial charge < -0.3 is 21.3 Å². The van der Waals surface area contributed by atoms with Crippen LogP contribution in [0.3, 0.4) is 0 Å². The third-order valence-corrected chi connectivity index (χ3v) is 4.16. The van der Waals surface area contributed by atoms with Gasteiger partial charge in [-0.1, -0.05) is 18.2 Å². The van der Waals surface area contributed by atoms with Gasteiger partial charge in [-0.2, -0.15) is 0 Å². The number of urea groups is 1. The van der Waals surface area contributed by atoms with Crippen molar-refractivity contribution in [2.45, 2.75) is 12.8 Å². The molecule has 25 heavy (non-hydrogen) atoms. The number of hydrogen-bond acceptors (Lipinski definition) is 4. The molecule has 2 aromatic rings. The molecule has 1 aromatic carbocycles. The smallest absolute Gasteiger partial charge is 0.321 e. The van der Waals surface area contributed by atoms with E-state index in [4.69, 9.17) is 5.73 Å². The number of piperidine rings is 1. The summed E-state index contributed by atoms with van der Waals surface area (Å²) < 4.78 is 0. The molecule has 130 valence electrons. The number of nitrogens with two attached hydrogens (primary N) is 1. The van der Waals surface area contributed by atoms with Crippen LogP contribution in [0.1, 0.15) is 12.8 Å². The average molecular weight is 339 g/mol. The molecule has 1 atom stereocenters. The van der Waals surface area contributed by atoms with E-state index >= 15 is 0 Å². The SMILES string of the molecule is Nc1ccc(NC(=O)C2CCCN(C(=O)Nc3ccccc3)C2)cn1. The first kappa shape index (κ1) is 16.8. The first-order valence-electron chi connectivity index (χ1n) is 8.25. The summed E-state index contributed by atoms with van der Waals surface area (Å²) >= 11 is 0. The summed E-state index contributed by atoms with van der Waals surface area (Å²) in [6, 6.07) is 12.5. The van der Waals surface area contributed by atoms with Crippen LogP contribution in [0, 0.1) is 5.92 Å². The zero-order valence-electron chi connectivity index (χ0n) is 13.8. The maximum atomic E-state index is 12.5. The molecule has 1 unspecified atom stereocenters. The fourth-order valence-corrected chi connectivity index (χ4v) is 2.82. The fourth-order valence-electron chi connectivity index (χ4n) is 2.82. The maximum absolute atomic E-state index is 12.5. The summed E-state index contributed by atoms with van der Waals surface area (Å²) in [6.45, 7) is 1.04. The third kappa shape index (κ3) is 4.47. The van der Waals surface area contributed by atoms with Gasteiger partial charge in [0.25, 0.3) is 0 Å². The highest BCUT2D eigenvalue weighted by Gasteiger charge is 2.28. The van der Waals surface area contributed by atoms with Gasteiger partial charge in [0, 0.05) is 18.8 Å². The first-order valence-corrected chi connectivity index (χ1v) is 8.25. The van der Waals surface area contributed by atoms with E-state index in [2.05, 4.69) is 15.6 Å². The van der Waals surface area contributed by atoms with E-state index in [9.17, 15) is 9.59 Å². The van der Waals surface area contributed by atoms with Crippen LogP contribution in [0.15, 0.2) is 48.7 Å². The standard InChI is InChI=1S/C18H21N5O2/c19-16-9-8-15(11-20-16)21-17(24)13-5-4-10-23(12-13)18(25)22-14-6-2-1-3-7-14/h1-3,6-9,11,13H,4-5,10,12H2,(H2,19,20)(H,21,24)(H,22,25). The minimum Gasteiger partial charge on any atom is -0.384 e. The van der Waals surface area contributed by atoms with E-state index in [0.29, 0.717) is 24.6 Å². The van der Waals surface area contributed by atoms with Gasteiger partial charge in [0.15, 0.2) is 0 Å². The van der Waals surface area contributed by atoms with Crippen molar-refractivity contribution in [1.29, 1.82) is 0 Å². The number of rotatable bonds is 3. The zero-order valence-corrected chi connectivity index (χ0v) is 13.8. The summed E-state index contributed by atoms with van der Waals surface area (Å²) in [4.78, 5) is 30.5. The molecule has 0 saturated carbocycles. The Labute approximate surface area is 146 Å². The fraction of sp³-hybridized carbons (Fsp3) is 0.278. The Morgan fingerprint density at radius 1 is 1.08 bits per heavy atom. The van der Waals surface area contributed by atoms with Crippen LogP contribution in [0.5, 0.6) is 0 Å². The molecule has 1 aliphatic rings. The number of benzene rings is 1. The number of nitrogens with one attached hydrogen (secondary N) is 2. The lowest BCUT2D eigenvalue weighted by Gasteiger charge is -2.32. The van der Waals surface area contributed by atoms with Gasteiger partial charge in [-0.25, -0.2) is 9.78 Å². The Morgan fingerprint density at radius 3 is 2.60 bits per heavy atom. The largest absolute Gasteiger partial charge is 0.384 e. The Morgan fingerprint density at radius 2 is 1.88 bits per heavy atom. The lowest BCUT2D eigenvalue weighted by Crippen LogP contribution is -2.45. The molecule has 2 heterocycles. The summed E-state index contributed by atoms with van der Waals surface area (Å²) in [7, 11) is 0. The van der Waals surface area contributed by atoms with Gasteiger partial charge in [0.05, 0.1) is 17.8 Å². The van der Waals surface area contributed by atoms with Crippen LogP contribution in [0.2, 0.25) is 0 Å². The molecule has 0 bridgehead atoms. The molecular weight excluding hydrogens is 318 g/mol. The molecule has 3 amide bonds. The maximum Gasteiger partial charge on any atom is 0.321 e. The molecule has 1 fully saturated rings. The van der Waals surface area contributed by atoms with Crippen molar-refractivity contribution < 1.29 is 9.59 Å². The number of aromatic nitrogens is 1. The van der Waals surface area contributed by atoms with Crippen molar-refractivity contribution in [3.05, 3.63) is 48.7 Å². The van der Waals surface area contributed by atoms with Gasteiger partial charge in [0.2, 0.25) is 5.91 Å². The van der Waals surface area contributed by atoms with E-state index in [1.807, 2.05) is 30.3 Å². The van der Waals surface area contributed by atoms with Crippen LogP contribution < -0.4 is 16.4 Å². The Kier molecular flexibility index (Phi) is 5.13. The number of likely N-dealkylation sites (tertiary alicyclic amines) is 1. The van der Waals surface area contributed by atoms with Crippen molar-refractivity contribution in [1.82, 2.24) is 9.88 Å². The van der Waals surface area contributed by atoms with Crippen molar-refractivity contribution in [3.8, 4) is 0 Å². The van der Waals surface area contributed by atoms with Crippen molar-refractivity contribution in [2.24, 2.45) is 5.92 Å². The third-order valence-electron chi connectivity index (χ3n) is 4.16. The minimum absolute atomic E-state index is 0.108. The lowest BCUT2D eigenvalue weighted by atomic mass is 9.97. The van der Waals surface area contributed by atoms with E-state index in [0.717, 1.165) is 18.5 Å².